The van der Waals surface area contributed by atoms with Crippen molar-refractivity contribution in [1.29, 1.82) is 0 Å². The van der Waals surface area contributed by atoms with E-state index in [2.05, 4.69) is 75.5 Å². The third-order valence-corrected chi connectivity index (χ3v) is 13.0. The molecule has 0 aliphatic carbocycles. The van der Waals surface area contributed by atoms with Crippen molar-refractivity contribution in [3.63, 3.8) is 0 Å². The van der Waals surface area contributed by atoms with Crippen LogP contribution in [0, 0.1) is 0 Å². The molecule has 0 heterocycles. The van der Waals surface area contributed by atoms with Gasteiger partial charge in [0, 0.05) is 19.3 Å². The van der Waals surface area contributed by atoms with Crippen LogP contribution in [0.2, 0.25) is 0 Å². The van der Waals surface area contributed by atoms with Crippen LogP contribution in [0.15, 0.2) is 60.8 Å². The Morgan fingerprint density at radius 2 is 0.551 bits per heavy atom. The lowest BCUT2D eigenvalue weighted by Crippen LogP contribution is -2.30. The van der Waals surface area contributed by atoms with Crippen LogP contribution < -0.4 is 0 Å². The minimum absolute atomic E-state index is 0.0995. The summed E-state index contributed by atoms with van der Waals surface area (Å²) in [6.45, 7) is 6.59. The monoisotopic (exact) mass is 965 g/mol. The molecule has 0 bridgehead atoms. The molecule has 0 saturated heterocycles. The summed E-state index contributed by atoms with van der Waals surface area (Å²) >= 11 is 0. The van der Waals surface area contributed by atoms with E-state index in [4.69, 9.17) is 14.2 Å². The first-order valence-electron chi connectivity index (χ1n) is 29.8. The summed E-state index contributed by atoms with van der Waals surface area (Å²) in [5.74, 6) is -0.966. The maximum atomic E-state index is 12.8. The van der Waals surface area contributed by atoms with Gasteiger partial charge >= 0.3 is 17.9 Å². The third kappa shape index (κ3) is 55.9. The van der Waals surface area contributed by atoms with Crippen LogP contribution in [0.5, 0.6) is 0 Å². The van der Waals surface area contributed by atoms with E-state index in [0.717, 1.165) is 64.2 Å². The summed E-state index contributed by atoms with van der Waals surface area (Å²) in [6.07, 6.45) is 72.2. The number of allylic oxidation sites excluding steroid dienone is 10. The summed E-state index contributed by atoms with van der Waals surface area (Å²) < 4.78 is 16.8. The summed E-state index contributed by atoms with van der Waals surface area (Å²) in [5.41, 5.74) is 0. The fourth-order valence-electron chi connectivity index (χ4n) is 8.55. The first-order valence-corrected chi connectivity index (χ1v) is 29.8. The van der Waals surface area contributed by atoms with Crippen LogP contribution in [0.4, 0.5) is 0 Å². The zero-order valence-electron chi connectivity index (χ0n) is 45.8. The highest BCUT2D eigenvalue weighted by molar-refractivity contribution is 5.71. The fraction of sp³-hybridized carbons (Fsp3) is 0.794. The summed E-state index contributed by atoms with van der Waals surface area (Å²) in [5, 5.41) is 0. The van der Waals surface area contributed by atoms with Crippen molar-refractivity contribution in [3.05, 3.63) is 60.8 Å². The van der Waals surface area contributed by atoms with Gasteiger partial charge in [0.05, 0.1) is 0 Å². The smallest absolute Gasteiger partial charge is 0.306 e. The Hall–Kier alpha value is -2.89. The van der Waals surface area contributed by atoms with Crippen molar-refractivity contribution < 1.29 is 28.6 Å². The molecule has 0 radical (unpaired) electrons. The van der Waals surface area contributed by atoms with Gasteiger partial charge in [-0.15, -0.1) is 0 Å². The maximum absolute atomic E-state index is 12.8. The molecule has 0 aromatic rings. The molecule has 0 saturated carbocycles. The van der Waals surface area contributed by atoms with Crippen LogP contribution in [-0.4, -0.2) is 37.2 Å². The molecule has 69 heavy (non-hydrogen) atoms. The van der Waals surface area contributed by atoms with Gasteiger partial charge in [0.1, 0.15) is 13.2 Å². The quantitative estimate of drug-likeness (QED) is 0.0262. The molecule has 0 aromatic carbocycles. The predicted octanol–water partition coefficient (Wildman–Crippen LogP) is 20.0. The number of rotatable bonds is 54. The molecule has 0 N–H and O–H groups in total. The first kappa shape index (κ1) is 66.1. The highest BCUT2D eigenvalue weighted by atomic mass is 16.6. The largest absolute Gasteiger partial charge is 0.462 e. The van der Waals surface area contributed by atoms with Gasteiger partial charge in [-0.05, 0) is 57.8 Å². The van der Waals surface area contributed by atoms with E-state index in [-0.39, 0.29) is 37.5 Å². The molecule has 400 valence electrons. The Balaban J connectivity index is 4.46. The van der Waals surface area contributed by atoms with Crippen molar-refractivity contribution >= 4 is 17.9 Å². The Morgan fingerprint density at radius 1 is 0.290 bits per heavy atom. The molecular weight excluding hydrogens is 853 g/mol. The zero-order valence-corrected chi connectivity index (χ0v) is 45.8. The van der Waals surface area contributed by atoms with Crippen molar-refractivity contribution in [2.45, 2.75) is 309 Å². The van der Waals surface area contributed by atoms with Crippen LogP contribution in [0.25, 0.3) is 0 Å². The highest BCUT2D eigenvalue weighted by Crippen LogP contribution is 2.17. The van der Waals surface area contributed by atoms with Gasteiger partial charge < -0.3 is 14.2 Å². The molecule has 0 unspecified atom stereocenters. The molecule has 0 amide bonds. The van der Waals surface area contributed by atoms with Gasteiger partial charge in [0.2, 0.25) is 0 Å². The number of hydrogen-bond acceptors (Lipinski definition) is 6. The topological polar surface area (TPSA) is 78.9 Å². The highest BCUT2D eigenvalue weighted by Gasteiger charge is 2.19. The number of hydrogen-bond donors (Lipinski definition) is 0. The SMILES string of the molecule is CCCCC/C=C\C/C=C\C/C=C\C/C=C\C/C=C\CCC(=O)O[C@@H](COC(=O)CCCCCCCCCCCCCCCCC)COC(=O)CCCCCCCCCCCCCCCCCCC. The number of carbonyl (C=O) groups excluding carboxylic acids is 3. The molecule has 6 nitrogen and oxygen atoms in total. The Bertz CT molecular complexity index is 1250. The standard InChI is InChI=1S/C63H112O6/c1-4-7-10-13-16-19-22-25-28-30-31-33-36-39-42-45-48-51-54-57-63(66)69-60(58-67-61(64)55-52-49-46-43-40-37-34-27-24-21-18-15-12-9-6-3)59-68-62(65)56-53-50-47-44-41-38-35-32-29-26-23-20-17-14-11-8-5-2/h16,19,25,28,31,33,39,42,48,51,60H,4-15,17-18,20-24,26-27,29-30,32,34-38,40-41,43-47,49-50,52-59H2,1-3H3/b19-16-,28-25-,33-31-,42-39-,51-48-/t60-/m0/s1. The van der Waals surface area contributed by atoms with Gasteiger partial charge in [-0.1, -0.05) is 287 Å². The van der Waals surface area contributed by atoms with Crippen LogP contribution >= 0.6 is 0 Å². The molecule has 0 spiro atoms. The average molecular weight is 966 g/mol. The fourth-order valence-corrected chi connectivity index (χ4v) is 8.55. The lowest BCUT2D eigenvalue weighted by atomic mass is 10.0. The van der Waals surface area contributed by atoms with Gasteiger partial charge in [-0.2, -0.15) is 0 Å². The molecule has 0 rings (SSSR count). The van der Waals surface area contributed by atoms with E-state index in [1.54, 1.807) is 0 Å². The lowest BCUT2D eigenvalue weighted by molar-refractivity contribution is -0.166. The van der Waals surface area contributed by atoms with E-state index in [1.165, 1.54) is 193 Å². The molecule has 6 heteroatoms. The predicted molar refractivity (Wildman–Crippen MR) is 298 cm³/mol. The van der Waals surface area contributed by atoms with E-state index in [1.807, 2.05) is 6.08 Å². The van der Waals surface area contributed by atoms with Gasteiger partial charge in [-0.3, -0.25) is 14.4 Å². The number of esters is 3. The van der Waals surface area contributed by atoms with Crippen molar-refractivity contribution in [2.75, 3.05) is 13.2 Å². The van der Waals surface area contributed by atoms with Crippen molar-refractivity contribution in [1.82, 2.24) is 0 Å². The molecule has 0 aliphatic rings. The van der Waals surface area contributed by atoms with Crippen molar-refractivity contribution in [3.8, 4) is 0 Å². The first-order chi connectivity index (χ1) is 34.0. The third-order valence-electron chi connectivity index (χ3n) is 13.0. The van der Waals surface area contributed by atoms with Crippen LogP contribution in [0.3, 0.4) is 0 Å². The second-order valence-corrected chi connectivity index (χ2v) is 19.9. The summed E-state index contributed by atoms with van der Waals surface area (Å²) in [6, 6.07) is 0. The Kier molecular flexibility index (Phi) is 55.3. The van der Waals surface area contributed by atoms with Crippen molar-refractivity contribution in [2.24, 2.45) is 0 Å². The molecular formula is C63H112O6. The van der Waals surface area contributed by atoms with Crippen LogP contribution in [0.1, 0.15) is 303 Å². The normalized spacial score (nSPS) is 12.4. The minimum atomic E-state index is -0.811. The van der Waals surface area contributed by atoms with E-state index >= 15 is 0 Å². The van der Waals surface area contributed by atoms with Gasteiger partial charge in [-0.25, -0.2) is 0 Å². The molecule has 0 aliphatic heterocycles. The molecule has 0 aromatic heterocycles. The second kappa shape index (κ2) is 57.7. The minimum Gasteiger partial charge on any atom is -0.462 e. The number of ether oxygens (including phenoxy) is 3. The Morgan fingerprint density at radius 3 is 0.870 bits per heavy atom. The summed E-state index contributed by atoms with van der Waals surface area (Å²) in [4.78, 5) is 38.2. The van der Waals surface area contributed by atoms with Crippen LogP contribution in [-0.2, 0) is 28.6 Å². The average Bonchev–Trinajstić information content (AvgIpc) is 3.35. The summed E-state index contributed by atoms with van der Waals surface area (Å²) in [7, 11) is 0. The Labute approximate surface area is 428 Å². The van der Waals surface area contributed by atoms with E-state index < -0.39 is 6.10 Å². The van der Waals surface area contributed by atoms with E-state index in [0.29, 0.717) is 19.3 Å². The number of carbonyl (C=O) groups is 3. The van der Waals surface area contributed by atoms with Gasteiger partial charge in [0.15, 0.2) is 6.10 Å². The molecule has 1 atom stereocenters. The number of unbranched alkanes of at least 4 members (excludes halogenated alkanes) is 33. The zero-order chi connectivity index (χ0) is 50.0. The molecule has 0 fully saturated rings. The van der Waals surface area contributed by atoms with Gasteiger partial charge in [0.25, 0.3) is 0 Å². The lowest BCUT2D eigenvalue weighted by Gasteiger charge is -2.18. The van der Waals surface area contributed by atoms with E-state index in [9.17, 15) is 14.4 Å². The second-order valence-electron chi connectivity index (χ2n) is 19.9. The maximum Gasteiger partial charge on any atom is 0.306 e.